The lowest BCUT2D eigenvalue weighted by atomic mass is 10.0. The summed E-state index contributed by atoms with van der Waals surface area (Å²) in [6.07, 6.45) is 0. The van der Waals surface area contributed by atoms with E-state index in [0.29, 0.717) is 17.5 Å². The van der Waals surface area contributed by atoms with E-state index >= 15 is 0 Å². The van der Waals surface area contributed by atoms with Crippen LogP contribution in [0.15, 0.2) is 171 Å². The topological polar surface area (TPSA) is 43.6 Å². The van der Waals surface area contributed by atoms with E-state index in [1.54, 1.807) is 0 Å². The van der Waals surface area contributed by atoms with Gasteiger partial charge < -0.3 is 4.57 Å². The molecule has 214 valence electrons. The average molecular weight is 579 g/mol. The summed E-state index contributed by atoms with van der Waals surface area (Å²) in [6, 6.07) is 54.6. The number of benzene rings is 6. The molecule has 0 amide bonds. The lowest BCUT2D eigenvalue weighted by Gasteiger charge is -2.11. The van der Waals surface area contributed by atoms with Crippen molar-refractivity contribution in [2.24, 2.45) is 0 Å². The molecule has 0 radical (unpaired) electrons. The van der Waals surface area contributed by atoms with Crippen molar-refractivity contribution in [2.75, 3.05) is 0 Å². The second-order valence-electron chi connectivity index (χ2n) is 10.5. The van der Waals surface area contributed by atoms with Gasteiger partial charge in [0.15, 0.2) is 17.5 Å². The molecular formula is C41H30N4. The summed E-state index contributed by atoms with van der Waals surface area (Å²) in [6.45, 7) is 6.00. The molecule has 45 heavy (non-hydrogen) atoms. The lowest BCUT2D eigenvalue weighted by molar-refractivity contribution is 1.07. The predicted molar refractivity (Wildman–Crippen MR) is 187 cm³/mol. The number of aromatic nitrogens is 4. The Hall–Kier alpha value is -6.13. The first-order valence-corrected chi connectivity index (χ1v) is 14.9. The number of hydrogen-bond acceptors (Lipinski definition) is 3. The number of para-hydroxylation sites is 2. The van der Waals surface area contributed by atoms with Crippen molar-refractivity contribution in [3.05, 3.63) is 171 Å². The van der Waals surface area contributed by atoms with Gasteiger partial charge in [0, 0.05) is 33.2 Å². The second kappa shape index (κ2) is 12.2. The summed E-state index contributed by atoms with van der Waals surface area (Å²) in [5.41, 5.74) is 8.69. The van der Waals surface area contributed by atoms with Crippen LogP contribution in [0.5, 0.6) is 0 Å². The van der Waals surface area contributed by atoms with Crippen molar-refractivity contribution in [2.45, 2.75) is 0 Å². The molecule has 0 atom stereocenters. The van der Waals surface area contributed by atoms with E-state index in [1.165, 1.54) is 21.8 Å². The highest BCUT2D eigenvalue weighted by molar-refractivity contribution is 6.09. The summed E-state index contributed by atoms with van der Waals surface area (Å²) >= 11 is 0. The summed E-state index contributed by atoms with van der Waals surface area (Å²) < 4.78 is 2.35. The third-order valence-corrected chi connectivity index (χ3v) is 7.86. The fourth-order valence-electron chi connectivity index (χ4n) is 5.77. The van der Waals surface area contributed by atoms with Crippen molar-refractivity contribution < 1.29 is 0 Å². The molecule has 0 aliphatic rings. The highest BCUT2D eigenvalue weighted by Gasteiger charge is 2.14. The maximum Gasteiger partial charge on any atom is 0.164 e. The first-order chi connectivity index (χ1) is 22.3. The number of hydrogen-bond donors (Lipinski definition) is 0. The Balaban J connectivity index is 0.00000160. The first-order valence-electron chi connectivity index (χ1n) is 14.9. The van der Waals surface area contributed by atoms with Gasteiger partial charge in [0.25, 0.3) is 0 Å². The number of fused-ring (bicyclic) bond motifs is 3. The molecule has 6 aromatic carbocycles. The fraction of sp³-hybridized carbons (Fsp3) is 0. The predicted octanol–water partition coefficient (Wildman–Crippen LogP) is 10.4. The largest absolute Gasteiger partial charge is 0.309 e. The van der Waals surface area contributed by atoms with Crippen LogP contribution in [-0.4, -0.2) is 19.5 Å². The highest BCUT2D eigenvalue weighted by Crippen LogP contribution is 2.33. The van der Waals surface area contributed by atoms with E-state index in [0.717, 1.165) is 33.5 Å². The van der Waals surface area contributed by atoms with Crippen LogP contribution in [0.4, 0.5) is 0 Å². The van der Waals surface area contributed by atoms with Crippen LogP contribution in [0, 0.1) is 0 Å². The molecule has 4 heteroatoms. The Bertz CT molecular complexity index is 2120. The van der Waals surface area contributed by atoms with Crippen molar-refractivity contribution in [1.82, 2.24) is 19.5 Å². The van der Waals surface area contributed by atoms with Gasteiger partial charge in [-0.05, 0) is 35.4 Å². The molecule has 0 bridgehead atoms. The summed E-state index contributed by atoms with van der Waals surface area (Å²) in [4.78, 5) is 14.6. The van der Waals surface area contributed by atoms with Crippen LogP contribution in [0.25, 0.3) is 72.8 Å². The smallest absolute Gasteiger partial charge is 0.164 e. The van der Waals surface area contributed by atoms with E-state index in [2.05, 4.69) is 115 Å². The van der Waals surface area contributed by atoms with Crippen LogP contribution in [0.2, 0.25) is 0 Å². The Labute approximate surface area is 262 Å². The summed E-state index contributed by atoms with van der Waals surface area (Å²) in [7, 11) is 0. The van der Waals surface area contributed by atoms with Crippen molar-refractivity contribution in [1.29, 1.82) is 0 Å². The fourth-order valence-corrected chi connectivity index (χ4v) is 5.77. The van der Waals surface area contributed by atoms with Gasteiger partial charge >= 0.3 is 0 Å². The molecule has 4 nitrogen and oxygen atoms in total. The van der Waals surface area contributed by atoms with Gasteiger partial charge in [-0.3, -0.25) is 0 Å². The first kappa shape index (κ1) is 27.7. The molecule has 8 aromatic rings. The average Bonchev–Trinajstić information content (AvgIpc) is 3.48. The molecule has 0 fully saturated rings. The van der Waals surface area contributed by atoms with Gasteiger partial charge in [-0.15, -0.1) is 13.2 Å². The van der Waals surface area contributed by atoms with E-state index in [1.807, 2.05) is 60.7 Å². The van der Waals surface area contributed by atoms with Crippen molar-refractivity contribution in [3.63, 3.8) is 0 Å². The van der Waals surface area contributed by atoms with Crippen LogP contribution in [0.3, 0.4) is 0 Å². The maximum absolute atomic E-state index is 4.88. The Morgan fingerprint density at radius 3 is 1.27 bits per heavy atom. The number of rotatable bonds is 5. The zero-order valence-corrected chi connectivity index (χ0v) is 24.7. The van der Waals surface area contributed by atoms with Gasteiger partial charge in [0.1, 0.15) is 0 Å². The molecule has 8 rings (SSSR count). The van der Waals surface area contributed by atoms with Gasteiger partial charge in [-0.2, -0.15) is 0 Å². The molecule has 0 saturated heterocycles. The van der Waals surface area contributed by atoms with E-state index < -0.39 is 0 Å². The Morgan fingerprint density at radius 2 is 0.756 bits per heavy atom. The summed E-state index contributed by atoms with van der Waals surface area (Å²) in [5.74, 6) is 1.97. The molecule has 0 N–H and O–H groups in total. The molecule has 0 aliphatic heterocycles. The third kappa shape index (κ3) is 5.30. The zero-order chi connectivity index (χ0) is 30.6. The Morgan fingerprint density at radius 1 is 0.356 bits per heavy atom. The van der Waals surface area contributed by atoms with E-state index in [-0.39, 0.29) is 0 Å². The normalized spacial score (nSPS) is 10.8. The van der Waals surface area contributed by atoms with Gasteiger partial charge in [-0.25, -0.2) is 15.0 Å². The van der Waals surface area contributed by atoms with Crippen molar-refractivity contribution >= 4 is 21.8 Å². The summed E-state index contributed by atoms with van der Waals surface area (Å²) in [5, 5.41) is 2.52. The maximum atomic E-state index is 4.88. The molecular weight excluding hydrogens is 548 g/mol. The minimum absolute atomic E-state index is 0.651. The lowest BCUT2D eigenvalue weighted by Crippen LogP contribution is -2.00. The quantitative estimate of drug-likeness (QED) is 0.191. The molecule has 2 aromatic heterocycles. The van der Waals surface area contributed by atoms with Crippen LogP contribution < -0.4 is 0 Å². The van der Waals surface area contributed by atoms with E-state index in [9.17, 15) is 0 Å². The van der Waals surface area contributed by atoms with Gasteiger partial charge in [0.05, 0.1) is 11.0 Å². The zero-order valence-electron chi connectivity index (χ0n) is 24.7. The van der Waals surface area contributed by atoms with Crippen LogP contribution >= 0.6 is 0 Å². The van der Waals surface area contributed by atoms with Gasteiger partial charge in [-0.1, -0.05) is 133 Å². The Kier molecular flexibility index (Phi) is 7.53. The van der Waals surface area contributed by atoms with Crippen LogP contribution in [0.1, 0.15) is 0 Å². The third-order valence-electron chi connectivity index (χ3n) is 7.86. The monoisotopic (exact) mass is 578 g/mol. The molecule has 0 saturated carbocycles. The number of nitrogens with zero attached hydrogens (tertiary/aromatic N) is 4. The molecule has 0 aliphatic carbocycles. The van der Waals surface area contributed by atoms with Crippen LogP contribution in [-0.2, 0) is 0 Å². The minimum Gasteiger partial charge on any atom is -0.309 e. The standard InChI is InChI=1S/C39H26N4.C2H4/c1-3-12-28(13-4-1)37-40-38(29-14-5-2-6-15-29)42-39(41-37)30-24-22-27(23-25-30)31-16-11-17-32(26-31)43-35-20-9-7-18-33(35)34-19-8-10-21-36(34)43;1-2/h1-26H;1-2H2. The molecule has 2 heterocycles. The van der Waals surface area contributed by atoms with E-state index in [4.69, 9.17) is 15.0 Å². The van der Waals surface area contributed by atoms with Crippen molar-refractivity contribution in [3.8, 4) is 51.0 Å². The van der Waals surface area contributed by atoms with Gasteiger partial charge in [0.2, 0.25) is 0 Å². The second-order valence-corrected chi connectivity index (χ2v) is 10.5. The molecule has 0 spiro atoms. The minimum atomic E-state index is 0.651. The molecule has 0 unspecified atom stereocenters. The SMILES string of the molecule is C=C.c1ccc(-c2nc(-c3ccccc3)nc(-c3ccc(-c4cccc(-n5c6ccccc6c6ccccc65)c4)cc3)n2)cc1. The highest BCUT2D eigenvalue weighted by atomic mass is 15.0.